The number of carbonyl (C=O) groups excluding carboxylic acids is 1. The van der Waals surface area contributed by atoms with Crippen LogP contribution in [0.4, 0.5) is 0 Å². The van der Waals surface area contributed by atoms with Crippen molar-refractivity contribution in [3.8, 4) is 6.07 Å². The van der Waals surface area contributed by atoms with E-state index in [0.717, 1.165) is 10.5 Å². The lowest BCUT2D eigenvalue weighted by molar-refractivity contribution is 0.0706. The maximum Gasteiger partial charge on any atom is 0.255 e. The molecule has 0 bridgehead atoms. The van der Waals surface area contributed by atoms with Gasteiger partial charge in [-0.3, -0.25) is 4.79 Å². The number of carbonyl (C=O) groups is 1. The van der Waals surface area contributed by atoms with Gasteiger partial charge in [-0.15, -0.1) is 11.8 Å². The number of hydrogen-bond acceptors (Lipinski definition) is 3. The van der Waals surface area contributed by atoms with Crippen molar-refractivity contribution in [1.29, 1.82) is 5.26 Å². The SMILES string of the molecule is CSc1ccccc1C(=O)N(CCC#N)C(C)C. The van der Waals surface area contributed by atoms with Gasteiger partial charge in [0.15, 0.2) is 0 Å². The quantitative estimate of drug-likeness (QED) is 0.766. The molecule has 1 amide bonds. The molecule has 18 heavy (non-hydrogen) atoms. The average molecular weight is 262 g/mol. The lowest BCUT2D eigenvalue weighted by atomic mass is 10.1. The summed E-state index contributed by atoms with van der Waals surface area (Å²) in [4.78, 5) is 15.2. The van der Waals surface area contributed by atoms with Gasteiger partial charge in [-0.1, -0.05) is 12.1 Å². The zero-order valence-electron chi connectivity index (χ0n) is 11.0. The molecular weight excluding hydrogens is 244 g/mol. The fraction of sp³-hybridized carbons (Fsp3) is 0.429. The molecule has 0 atom stereocenters. The minimum absolute atomic E-state index is 0.00481. The fourth-order valence-electron chi connectivity index (χ4n) is 1.74. The molecule has 1 rings (SSSR count). The molecule has 0 aromatic heterocycles. The third-order valence-corrected chi connectivity index (χ3v) is 3.48. The average Bonchev–Trinajstić information content (AvgIpc) is 2.38. The Balaban J connectivity index is 2.99. The van der Waals surface area contributed by atoms with E-state index in [1.807, 2.05) is 44.4 Å². The molecular formula is C14H18N2OS. The molecule has 4 heteroatoms. The predicted molar refractivity (Wildman–Crippen MR) is 74.6 cm³/mol. The molecule has 1 aromatic rings. The van der Waals surface area contributed by atoms with E-state index in [4.69, 9.17) is 5.26 Å². The van der Waals surface area contributed by atoms with Gasteiger partial charge in [0.05, 0.1) is 18.1 Å². The van der Waals surface area contributed by atoms with Gasteiger partial charge in [0, 0.05) is 17.5 Å². The van der Waals surface area contributed by atoms with E-state index in [2.05, 4.69) is 6.07 Å². The Morgan fingerprint density at radius 1 is 1.44 bits per heavy atom. The Hall–Kier alpha value is -1.47. The molecule has 0 saturated carbocycles. The van der Waals surface area contributed by atoms with Crippen LogP contribution in [0, 0.1) is 11.3 Å². The van der Waals surface area contributed by atoms with Crippen molar-refractivity contribution in [2.24, 2.45) is 0 Å². The monoisotopic (exact) mass is 262 g/mol. The van der Waals surface area contributed by atoms with Gasteiger partial charge in [0.2, 0.25) is 0 Å². The predicted octanol–water partition coefficient (Wildman–Crippen LogP) is 3.17. The highest BCUT2D eigenvalue weighted by Gasteiger charge is 2.20. The van der Waals surface area contributed by atoms with E-state index in [9.17, 15) is 4.79 Å². The summed E-state index contributed by atoms with van der Waals surface area (Å²) in [5.41, 5.74) is 0.719. The van der Waals surface area contributed by atoms with E-state index in [1.54, 1.807) is 16.7 Å². The van der Waals surface area contributed by atoms with E-state index in [1.165, 1.54) is 0 Å². The third-order valence-electron chi connectivity index (χ3n) is 2.69. The summed E-state index contributed by atoms with van der Waals surface area (Å²) in [7, 11) is 0. The van der Waals surface area contributed by atoms with Crippen LogP contribution in [0.2, 0.25) is 0 Å². The van der Waals surface area contributed by atoms with Gasteiger partial charge in [-0.05, 0) is 32.2 Å². The number of rotatable bonds is 5. The van der Waals surface area contributed by atoms with Gasteiger partial charge in [0.25, 0.3) is 5.91 Å². The van der Waals surface area contributed by atoms with Crippen molar-refractivity contribution in [3.63, 3.8) is 0 Å². The first-order valence-electron chi connectivity index (χ1n) is 5.92. The van der Waals surface area contributed by atoms with Crippen molar-refractivity contribution >= 4 is 17.7 Å². The highest BCUT2D eigenvalue weighted by Crippen LogP contribution is 2.22. The largest absolute Gasteiger partial charge is 0.335 e. The van der Waals surface area contributed by atoms with Crippen molar-refractivity contribution < 1.29 is 4.79 Å². The highest BCUT2D eigenvalue weighted by atomic mass is 32.2. The summed E-state index contributed by atoms with van der Waals surface area (Å²) >= 11 is 1.56. The minimum Gasteiger partial charge on any atom is -0.335 e. The topological polar surface area (TPSA) is 44.1 Å². The molecule has 0 radical (unpaired) electrons. The molecule has 0 N–H and O–H groups in total. The minimum atomic E-state index is 0.00481. The molecule has 96 valence electrons. The molecule has 0 unspecified atom stereocenters. The molecule has 0 aliphatic carbocycles. The van der Waals surface area contributed by atoms with Crippen molar-refractivity contribution in [3.05, 3.63) is 29.8 Å². The Kier molecular flexibility index (Phi) is 5.73. The van der Waals surface area contributed by atoms with Crippen LogP contribution in [0.1, 0.15) is 30.6 Å². The number of amides is 1. The van der Waals surface area contributed by atoms with E-state index < -0.39 is 0 Å². The van der Waals surface area contributed by atoms with E-state index in [0.29, 0.717) is 13.0 Å². The Morgan fingerprint density at radius 3 is 2.67 bits per heavy atom. The second kappa shape index (κ2) is 7.07. The third kappa shape index (κ3) is 3.51. The normalized spacial score (nSPS) is 10.2. The molecule has 0 fully saturated rings. The van der Waals surface area contributed by atoms with Gasteiger partial charge in [-0.25, -0.2) is 0 Å². The molecule has 1 aromatic carbocycles. The van der Waals surface area contributed by atoms with Crippen LogP contribution in [0.3, 0.4) is 0 Å². The molecule has 0 heterocycles. The van der Waals surface area contributed by atoms with E-state index in [-0.39, 0.29) is 11.9 Å². The fourth-order valence-corrected chi connectivity index (χ4v) is 2.33. The second-order valence-corrected chi connectivity index (χ2v) is 5.05. The summed E-state index contributed by atoms with van der Waals surface area (Å²) in [6.07, 6.45) is 2.33. The van der Waals surface area contributed by atoms with Crippen molar-refractivity contribution in [2.45, 2.75) is 31.2 Å². The second-order valence-electron chi connectivity index (χ2n) is 4.20. The van der Waals surface area contributed by atoms with Crippen LogP contribution < -0.4 is 0 Å². The zero-order valence-corrected chi connectivity index (χ0v) is 11.8. The van der Waals surface area contributed by atoms with Crippen LogP contribution in [0.25, 0.3) is 0 Å². The van der Waals surface area contributed by atoms with E-state index >= 15 is 0 Å². The van der Waals surface area contributed by atoms with Gasteiger partial charge in [-0.2, -0.15) is 5.26 Å². The Morgan fingerprint density at radius 2 is 2.11 bits per heavy atom. The van der Waals surface area contributed by atoms with Gasteiger partial charge in [0.1, 0.15) is 0 Å². The van der Waals surface area contributed by atoms with Crippen LogP contribution in [-0.4, -0.2) is 29.6 Å². The Bertz CT molecular complexity index is 451. The summed E-state index contributed by atoms with van der Waals surface area (Å²) in [5.74, 6) is 0.00481. The first-order chi connectivity index (χ1) is 8.61. The lowest BCUT2D eigenvalue weighted by Gasteiger charge is -2.26. The summed E-state index contributed by atoms with van der Waals surface area (Å²) in [6, 6.07) is 9.77. The standard InChI is InChI=1S/C14H18N2OS/c1-11(2)16(10-6-9-15)14(17)12-7-4-5-8-13(12)18-3/h4-5,7-8,11H,6,10H2,1-3H3. The van der Waals surface area contributed by atoms with Crippen molar-refractivity contribution in [2.75, 3.05) is 12.8 Å². The number of thioether (sulfide) groups is 1. The summed E-state index contributed by atoms with van der Waals surface area (Å²) < 4.78 is 0. The number of benzene rings is 1. The molecule has 3 nitrogen and oxygen atoms in total. The van der Waals surface area contributed by atoms with Crippen molar-refractivity contribution in [1.82, 2.24) is 4.90 Å². The molecule has 0 saturated heterocycles. The van der Waals surface area contributed by atoms with Crippen LogP contribution in [0.5, 0.6) is 0 Å². The van der Waals surface area contributed by atoms with Crippen LogP contribution in [0.15, 0.2) is 29.2 Å². The first-order valence-corrected chi connectivity index (χ1v) is 7.15. The summed E-state index contributed by atoms with van der Waals surface area (Å²) in [5, 5.41) is 8.66. The molecule has 0 aliphatic rings. The lowest BCUT2D eigenvalue weighted by Crippen LogP contribution is -2.37. The van der Waals surface area contributed by atoms with Gasteiger partial charge >= 0.3 is 0 Å². The van der Waals surface area contributed by atoms with Gasteiger partial charge < -0.3 is 4.90 Å². The van der Waals surface area contributed by atoms with Crippen LogP contribution in [-0.2, 0) is 0 Å². The molecule has 0 aliphatic heterocycles. The highest BCUT2D eigenvalue weighted by molar-refractivity contribution is 7.98. The molecule has 0 spiro atoms. The zero-order chi connectivity index (χ0) is 13.5. The smallest absolute Gasteiger partial charge is 0.255 e. The maximum absolute atomic E-state index is 12.5. The number of nitrogens with zero attached hydrogens (tertiary/aromatic N) is 2. The number of hydrogen-bond donors (Lipinski definition) is 0. The Labute approximate surface area is 113 Å². The maximum atomic E-state index is 12.5. The summed E-state index contributed by atoms with van der Waals surface area (Å²) in [6.45, 7) is 4.42. The number of nitriles is 1. The first kappa shape index (κ1) is 14.6. The van der Waals surface area contributed by atoms with Crippen LogP contribution >= 0.6 is 11.8 Å².